The highest BCUT2D eigenvalue weighted by Gasteiger charge is 2.18. The Morgan fingerprint density at radius 2 is 2.12 bits per heavy atom. The number of methoxy groups -OCH3 is 1. The Morgan fingerprint density at radius 1 is 1.50 bits per heavy atom. The number of benzene rings is 1. The molecule has 1 aromatic rings. The molecule has 1 aromatic carbocycles. The SMILES string of the molecule is CO/C(C)=C(\C#N)c1ccccc1[N+](=O)[O-]. The molecule has 0 radical (unpaired) electrons. The topological polar surface area (TPSA) is 76.2 Å². The van der Waals surface area contributed by atoms with Gasteiger partial charge in [0.05, 0.1) is 17.6 Å². The lowest BCUT2D eigenvalue weighted by molar-refractivity contribution is -0.385. The molecule has 0 saturated carbocycles. The van der Waals surface area contributed by atoms with Gasteiger partial charge in [0.2, 0.25) is 0 Å². The minimum absolute atomic E-state index is 0.101. The third-order valence-electron chi connectivity index (χ3n) is 2.14. The minimum atomic E-state index is -0.518. The van der Waals surface area contributed by atoms with E-state index in [1.165, 1.54) is 19.2 Å². The Balaban J connectivity index is 3.44. The Hall–Kier alpha value is -2.35. The first kappa shape index (κ1) is 11.7. The molecule has 0 spiro atoms. The zero-order chi connectivity index (χ0) is 12.1. The molecule has 0 aliphatic heterocycles. The first-order valence-corrected chi connectivity index (χ1v) is 4.50. The van der Waals surface area contributed by atoms with Gasteiger partial charge in [0.25, 0.3) is 5.69 Å². The average Bonchev–Trinajstić information content (AvgIpc) is 2.30. The van der Waals surface area contributed by atoms with Gasteiger partial charge < -0.3 is 4.74 Å². The molecule has 0 aliphatic rings. The quantitative estimate of drug-likeness (QED) is 0.338. The highest BCUT2D eigenvalue weighted by atomic mass is 16.6. The molecule has 16 heavy (non-hydrogen) atoms. The Bertz CT molecular complexity index is 486. The highest BCUT2D eigenvalue weighted by Crippen LogP contribution is 2.27. The number of allylic oxidation sites excluding steroid dienone is 2. The van der Waals surface area contributed by atoms with Gasteiger partial charge in [0, 0.05) is 6.07 Å². The molecule has 82 valence electrons. The van der Waals surface area contributed by atoms with Gasteiger partial charge in [-0.3, -0.25) is 10.1 Å². The Kier molecular flexibility index (Phi) is 3.62. The Labute approximate surface area is 92.7 Å². The summed E-state index contributed by atoms with van der Waals surface area (Å²) in [5, 5.41) is 19.8. The monoisotopic (exact) mass is 218 g/mol. The first-order chi connectivity index (χ1) is 7.61. The molecule has 0 atom stereocenters. The van der Waals surface area contributed by atoms with Crippen molar-refractivity contribution in [3.05, 3.63) is 45.7 Å². The van der Waals surface area contributed by atoms with Crippen molar-refractivity contribution >= 4 is 11.3 Å². The summed E-state index contributed by atoms with van der Waals surface area (Å²) in [6, 6.07) is 7.99. The normalized spacial score (nSPS) is 11.3. The number of para-hydroxylation sites is 1. The van der Waals surface area contributed by atoms with Crippen molar-refractivity contribution < 1.29 is 9.66 Å². The van der Waals surface area contributed by atoms with Crippen LogP contribution >= 0.6 is 0 Å². The van der Waals surface area contributed by atoms with Gasteiger partial charge in [-0.15, -0.1) is 0 Å². The van der Waals surface area contributed by atoms with Crippen LogP contribution < -0.4 is 0 Å². The number of rotatable bonds is 3. The average molecular weight is 218 g/mol. The number of hydrogen-bond acceptors (Lipinski definition) is 4. The van der Waals surface area contributed by atoms with Crippen molar-refractivity contribution in [2.45, 2.75) is 6.92 Å². The lowest BCUT2D eigenvalue weighted by atomic mass is 10.0. The maximum absolute atomic E-state index is 10.8. The maximum Gasteiger partial charge on any atom is 0.278 e. The van der Waals surface area contributed by atoms with E-state index in [9.17, 15) is 10.1 Å². The lowest BCUT2D eigenvalue weighted by Crippen LogP contribution is -1.96. The predicted octanol–water partition coefficient (Wildman–Crippen LogP) is 2.50. The molecule has 0 N–H and O–H groups in total. The van der Waals surface area contributed by atoms with Crippen molar-refractivity contribution in [1.29, 1.82) is 5.26 Å². The van der Waals surface area contributed by atoms with Crippen molar-refractivity contribution in [2.75, 3.05) is 7.11 Å². The van der Waals surface area contributed by atoms with Crippen LogP contribution in [0.15, 0.2) is 30.0 Å². The first-order valence-electron chi connectivity index (χ1n) is 4.50. The van der Waals surface area contributed by atoms with E-state index in [2.05, 4.69) is 0 Å². The van der Waals surface area contributed by atoms with E-state index in [1.54, 1.807) is 19.1 Å². The van der Waals surface area contributed by atoms with Crippen molar-refractivity contribution in [3.63, 3.8) is 0 Å². The van der Waals surface area contributed by atoms with E-state index in [1.807, 2.05) is 6.07 Å². The van der Waals surface area contributed by atoms with Crippen molar-refractivity contribution in [1.82, 2.24) is 0 Å². The van der Waals surface area contributed by atoms with E-state index in [-0.39, 0.29) is 16.8 Å². The maximum atomic E-state index is 10.8. The van der Waals surface area contributed by atoms with Crippen LogP contribution in [0.2, 0.25) is 0 Å². The third kappa shape index (κ3) is 2.17. The second-order valence-electron chi connectivity index (χ2n) is 3.02. The summed E-state index contributed by atoms with van der Waals surface area (Å²) < 4.78 is 4.93. The summed E-state index contributed by atoms with van der Waals surface area (Å²) >= 11 is 0. The number of nitro groups is 1. The molecule has 5 heteroatoms. The lowest BCUT2D eigenvalue weighted by Gasteiger charge is -2.04. The molecule has 0 amide bonds. The fourth-order valence-electron chi connectivity index (χ4n) is 1.27. The van der Waals surface area contributed by atoms with Crippen LogP contribution in [-0.4, -0.2) is 12.0 Å². The smallest absolute Gasteiger partial charge is 0.278 e. The number of ether oxygens (including phenoxy) is 1. The molecule has 0 aromatic heterocycles. The summed E-state index contributed by atoms with van der Waals surface area (Å²) in [6.07, 6.45) is 0. The van der Waals surface area contributed by atoms with Crippen LogP contribution in [0.25, 0.3) is 5.57 Å². The molecule has 0 unspecified atom stereocenters. The van der Waals surface area contributed by atoms with Crippen LogP contribution in [-0.2, 0) is 4.74 Å². The van der Waals surface area contributed by atoms with Crippen LogP contribution in [0.1, 0.15) is 12.5 Å². The van der Waals surface area contributed by atoms with Crippen LogP contribution in [0.4, 0.5) is 5.69 Å². The van der Waals surface area contributed by atoms with E-state index in [0.29, 0.717) is 5.76 Å². The number of nitro benzene ring substituents is 1. The molecule has 0 bridgehead atoms. The minimum Gasteiger partial charge on any atom is -0.500 e. The molecular formula is C11H10N2O3. The van der Waals surface area contributed by atoms with Gasteiger partial charge in [0.1, 0.15) is 17.4 Å². The van der Waals surface area contributed by atoms with Gasteiger partial charge in [-0.25, -0.2) is 0 Å². The largest absolute Gasteiger partial charge is 0.500 e. The summed E-state index contributed by atoms with van der Waals surface area (Å²) in [7, 11) is 1.42. The number of nitrogens with zero attached hydrogens (tertiary/aromatic N) is 2. The van der Waals surface area contributed by atoms with E-state index < -0.39 is 4.92 Å². The van der Waals surface area contributed by atoms with Crippen LogP contribution in [0.3, 0.4) is 0 Å². The highest BCUT2D eigenvalue weighted by molar-refractivity contribution is 5.82. The van der Waals surface area contributed by atoms with Crippen molar-refractivity contribution in [3.8, 4) is 6.07 Å². The zero-order valence-corrected chi connectivity index (χ0v) is 8.93. The van der Waals surface area contributed by atoms with Gasteiger partial charge >= 0.3 is 0 Å². The van der Waals surface area contributed by atoms with E-state index >= 15 is 0 Å². The predicted molar refractivity (Wildman–Crippen MR) is 58.3 cm³/mol. The van der Waals surface area contributed by atoms with E-state index in [0.717, 1.165) is 0 Å². The second kappa shape index (κ2) is 4.94. The van der Waals surface area contributed by atoms with E-state index in [4.69, 9.17) is 10.00 Å². The number of nitriles is 1. The molecule has 0 aliphatic carbocycles. The van der Waals surface area contributed by atoms with Gasteiger partial charge in [-0.1, -0.05) is 12.1 Å². The fraction of sp³-hybridized carbons (Fsp3) is 0.182. The summed E-state index contributed by atoms with van der Waals surface area (Å²) in [6.45, 7) is 1.59. The summed E-state index contributed by atoms with van der Waals surface area (Å²) in [5.74, 6) is 0.358. The number of hydrogen-bond donors (Lipinski definition) is 0. The summed E-state index contributed by atoms with van der Waals surface area (Å²) in [5.41, 5.74) is 0.347. The molecule has 5 nitrogen and oxygen atoms in total. The molecule has 0 fully saturated rings. The third-order valence-corrected chi connectivity index (χ3v) is 2.14. The van der Waals surface area contributed by atoms with Crippen LogP contribution in [0.5, 0.6) is 0 Å². The second-order valence-corrected chi connectivity index (χ2v) is 3.02. The fourth-order valence-corrected chi connectivity index (χ4v) is 1.27. The molecular weight excluding hydrogens is 208 g/mol. The Morgan fingerprint density at radius 3 is 2.62 bits per heavy atom. The molecule has 0 saturated heterocycles. The van der Waals surface area contributed by atoms with Gasteiger partial charge in [-0.2, -0.15) is 5.26 Å². The standard InChI is InChI=1S/C11H10N2O3/c1-8(16-2)10(7-12)9-5-3-4-6-11(9)13(14)15/h3-6H,1-2H3/b10-8+. The zero-order valence-electron chi connectivity index (χ0n) is 8.93. The summed E-state index contributed by atoms with van der Waals surface area (Å²) in [4.78, 5) is 10.3. The van der Waals surface area contributed by atoms with Gasteiger partial charge in [-0.05, 0) is 13.0 Å². The van der Waals surface area contributed by atoms with Gasteiger partial charge in [0.15, 0.2) is 0 Å². The van der Waals surface area contributed by atoms with Crippen molar-refractivity contribution in [2.24, 2.45) is 0 Å². The molecule has 0 heterocycles. The molecule has 1 rings (SSSR count). The van der Waals surface area contributed by atoms with Crippen LogP contribution in [0, 0.1) is 21.4 Å².